The minimum atomic E-state index is -1.54. The van der Waals surface area contributed by atoms with Gasteiger partial charge in [-0.2, -0.15) is 0 Å². The molecule has 33 heavy (non-hydrogen) atoms. The number of nitro groups is 2. The molecule has 0 aliphatic heterocycles. The van der Waals surface area contributed by atoms with E-state index in [1.165, 1.54) is 36.4 Å². The van der Waals surface area contributed by atoms with Gasteiger partial charge in [-0.1, -0.05) is 48.5 Å². The molecule has 0 atom stereocenters. The third-order valence-corrected chi connectivity index (χ3v) is 4.62. The molecule has 0 spiro atoms. The summed E-state index contributed by atoms with van der Waals surface area (Å²) in [6, 6.07) is 18.5. The van der Waals surface area contributed by atoms with Crippen molar-refractivity contribution in [3.8, 4) is 0 Å². The van der Waals surface area contributed by atoms with Crippen molar-refractivity contribution in [3.05, 3.63) is 104 Å². The Morgan fingerprint density at radius 2 is 0.909 bits per heavy atom. The topological polar surface area (TPSA) is 167 Å². The first-order valence-electron chi connectivity index (χ1n) is 8.97. The van der Waals surface area contributed by atoms with Crippen molar-refractivity contribution >= 4 is 67.9 Å². The standard InChI is InChI=1S/2C11H7NO4.Mg/c2*13-11(14)10-8-4-2-1-3-7(8)5-6-9(10)12(15)16;/h2*1-6H,(H,13,14);/q;;+2/p-2. The monoisotopic (exact) mass is 456 g/mol. The van der Waals surface area contributed by atoms with Gasteiger partial charge in [-0.15, -0.1) is 0 Å². The largest absolute Gasteiger partial charge is 2.00 e. The number of fused-ring (bicyclic) bond motifs is 2. The number of carboxylic acid groups (broad SMARTS) is 2. The van der Waals surface area contributed by atoms with Gasteiger partial charge >= 0.3 is 23.1 Å². The number of hydrogen-bond donors (Lipinski definition) is 0. The first kappa shape index (κ1) is 25.2. The Labute approximate surface area is 201 Å². The van der Waals surface area contributed by atoms with Gasteiger partial charge in [0, 0.05) is 12.1 Å². The molecule has 0 amide bonds. The van der Waals surface area contributed by atoms with E-state index in [2.05, 4.69) is 0 Å². The number of carbonyl (C=O) groups is 2. The maximum absolute atomic E-state index is 10.9. The summed E-state index contributed by atoms with van der Waals surface area (Å²) in [6.07, 6.45) is 0. The van der Waals surface area contributed by atoms with Crippen molar-refractivity contribution in [1.29, 1.82) is 0 Å². The summed E-state index contributed by atoms with van der Waals surface area (Å²) in [5.74, 6) is -3.08. The number of carboxylic acids is 2. The molecule has 0 radical (unpaired) electrons. The zero-order valence-corrected chi connectivity index (χ0v) is 18.2. The molecular formula is C22H12MgN2O8. The number of nitrogens with zero attached hydrogens (tertiary/aromatic N) is 2. The normalized spacial score (nSPS) is 9.94. The fourth-order valence-corrected chi connectivity index (χ4v) is 3.25. The van der Waals surface area contributed by atoms with Gasteiger partial charge in [0.25, 0.3) is 11.4 Å². The average molecular weight is 457 g/mol. The number of carbonyl (C=O) groups excluding carboxylic acids is 2. The van der Waals surface area contributed by atoms with Crippen LogP contribution in [0, 0.1) is 20.2 Å². The average Bonchev–Trinajstić information content (AvgIpc) is 2.77. The molecule has 4 aromatic carbocycles. The smallest absolute Gasteiger partial charge is 0.545 e. The Morgan fingerprint density at radius 1 is 0.576 bits per heavy atom. The van der Waals surface area contributed by atoms with E-state index in [9.17, 15) is 40.0 Å². The first-order chi connectivity index (χ1) is 15.2. The summed E-state index contributed by atoms with van der Waals surface area (Å²) in [7, 11) is 0. The van der Waals surface area contributed by atoms with Crippen LogP contribution in [0.15, 0.2) is 72.8 Å². The molecular weight excluding hydrogens is 445 g/mol. The number of benzene rings is 4. The van der Waals surface area contributed by atoms with Gasteiger partial charge in [0.1, 0.15) is 0 Å². The molecule has 0 saturated heterocycles. The maximum atomic E-state index is 10.9. The second-order valence-corrected chi connectivity index (χ2v) is 6.45. The van der Waals surface area contributed by atoms with Gasteiger partial charge in [-0.25, -0.2) is 0 Å². The van der Waals surface area contributed by atoms with Crippen molar-refractivity contribution in [3.63, 3.8) is 0 Å². The van der Waals surface area contributed by atoms with Crippen LogP contribution in [-0.2, 0) is 0 Å². The first-order valence-corrected chi connectivity index (χ1v) is 8.97. The van der Waals surface area contributed by atoms with Crippen LogP contribution in [-0.4, -0.2) is 44.8 Å². The summed E-state index contributed by atoms with van der Waals surface area (Å²) >= 11 is 0. The van der Waals surface area contributed by atoms with E-state index in [-0.39, 0.29) is 34.2 Å². The van der Waals surface area contributed by atoms with Crippen molar-refractivity contribution in [2.45, 2.75) is 0 Å². The SMILES string of the molecule is O=C([O-])c1c([N+](=O)[O-])ccc2ccccc12.O=C([O-])c1c([N+](=O)[O-])ccc2ccccc12.[Mg+2]. The van der Waals surface area contributed by atoms with E-state index in [1.54, 1.807) is 36.4 Å². The van der Waals surface area contributed by atoms with Crippen LogP contribution >= 0.6 is 0 Å². The van der Waals surface area contributed by atoms with Crippen LogP contribution in [0.2, 0.25) is 0 Å². The second kappa shape index (κ2) is 10.5. The van der Waals surface area contributed by atoms with E-state index in [1.807, 2.05) is 0 Å². The molecule has 0 fully saturated rings. The Morgan fingerprint density at radius 3 is 1.21 bits per heavy atom. The molecule has 0 N–H and O–H groups in total. The van der Waals surface area contributed by atoms with E-state index in [0.717, 1.165) is 0 Å². The predicted octanol–water partition coefficient (Wildman–Crippen LogP) is 1.84. The summed E-state index contributed by atoms with van der Waals surface area (Å²) in [5, 5.41) is 45.1. The molecule has 0 bridgehead atoms. The van der Waals surface area contributed by atoms with Gasteiger partial charge in [-0.3, -0.25) is 20.2 Å². The maximum Gasteiger partial charge on any atom is 2.00 e. The van der Waals surface area contributed by atoms with Crippen molar-refractivity contribution in [1.82, 2.24) is 0 Å². The fraction of sp³-hybridized carbons (Fsp3) is 0. The number of rotatable bonds is 4. The molecule has 0 heterocycles. The minimum Gasteiger partial charge on any atom is -0.545 e. The Balaban J connectivity index is 0.000000227. The third kappa shape index (κ3) is 5.22. The Kier molecular flexibility index (Phi) is 7.99. The molecule has 11 heteroatoms. The fourth-order valence-electron chi connectivity index (χ4n) is 3.25. The molecule has 4 aromatic rings. The van der Waals surface area contributed by atoms with Gasteiger partial charge in [0.2, 0.25) is 0 Å². The quantitative estimate of drug-likeness (QED) is 0.254. The van der Waals surface area contributed by atoms with Gasteiger partial charge in [0.15, 0.2) is 0 Å². The molecule has 10 nitrogen and oxygen atoms in total. The third-order valence-electron chi connectivity index (χ3n) is 4.62. The summed E-state index contributed by atoms with van der Waals surface area (Å²) < 4.78 is 0. The van der Waals surface area contributed by atoms with Crippen molar-refractivity contribution in [2.75, 3.05) is 0 Å². The molecule has 0 aliphatic rings. The van der Waals surface area contributed by atoms with Crippen LogP contribution in [0.3, 0.4) is 0 Å². The summed E-state index contributed by atoms with van der Waals surface area (Å²) in [4.78, 5) is 41.8. The van der Waals surface area contributed by atoms with E-state index in [0.29, 0.717) is 21.5 Å². The Hall–Kier alpha value is -4.09. The van der Waals surface area contributed by atoms with Crippen LogP contribution in [0.4, 0.5) is 11.4 Å². The van der Waals surface area contributed by atoms with Crippen molar-refractivity contribution in [2.24, 2.45) is 0 Å². The van der Waals surface area contributed by atoms with Crippen LogP contribution in [0.5, 0.6) is 0 Å². The molecule has 0 unspecified atom stereocenters. The molecule has 0 aliphatic carbocycles. The number of aromatic carboxylic acids is 2. The van der Waals surface area contributed by atoms with Gasteiger partial charge in [0.05, 0.1) is 32.9 Å². The van der Waals surface area contributed by atoms with Gasteiger partial charge < -0.3 is 19.8 Å². The van der Waals surface area contributed by atoms with E-state index in [4.69, 9.17) is 0 Å². The zero-order valence-electron chi connectivity index (χ0n) is 16.8. The summed E-state index contributed by atoms with van der Waals surface area (Å²) in [6.45, 7) is 0. The van der Waals surface area contributed by atoms with Crippen LogP contribution in [0.1, 0.15) is 20.7 Å². The zero-order chi connectivity index (χ0) is 23.4. The Bertz CT molecular complexity index is 1300. The summed E-state index contributed by atoms with van der Waals surface area (Å²) in [5.41, 5.74) is -1.64. The number of hydrogen-bond acceptors (Lipinski definition) is 8. The van der Waals surface area contributed by atoms with E-state index < -0.39 is 33.2 Å². The minimum absolute atomic E-state index is 0. The van der Waals surface area contributed by atoms with Crippen LogP contribution in [0.25, 0.3) is 21.5 Å². The molecule has 4 rings (SSSR count). The molecule has 0 aromatic heterocycles. The molecule has 0 saturated carbocycles. The molecule has 160 valence electrons. The van der Waals surface area contributed by atoms with Crippen molar-refractivity contribution < 1.29 is 29.6 Å². The predicted molar refractivity (Wildman–Crippen MR) is 116 cm³/mol. The van der Waals surface area contributed by atoms with Crippen LogP contribution < -0.4 is 10.2 Å². The van der Waals surface area contributed by atoms with E-state index >= 15 is 0 Å². The van der Waals surface area contributed by atoms with Gasteiger partial charge in [-0.05, 0) is 33.7 Å². The number of nitro benzene ring substituents is 2. The second-order valence-electron chi connectivity index (χ2n) is 6.45.